The van der Waals surface area contributed by atoms with Gasteiger partial charge < -0.3 is 9.94 Å². The molecule has 0 rings (SSSR count). The van der Waals surface area contributed by atoms with Crippen LogP contribution in [-0.2, 0) is 9.63 Å². The lowest BCUT2D eigenvalue weighted by atomic mass is 10.4. The first kappa shape index (κ1) is 8.94. The van der Waals surface area contributed by atoms with Crippen molar-refractivity contribution in [3.63, 3.8) is 0 Å². The van der Waals surface area contributed by atoms with Gasteiger partial charge >= 0.3 is 5.97 Å². The molecule has 0 saturated heterocycles. The van der Waals surface area contributed by atoms with Gasteiger partial charge in [-0.3, -0.25) is 0 Å². The van der Waals surface area contributed by atoms with Gasteiger partial charge in [-0.05, 0) is 13.3 Å². The molecule has 0 aliphatic carbocycles. The molecule has 10 heavy (non-hydrogen) atoms. The third kappa shape index (κ3) is 3.88. The summed E-state index contributed by atoms with van der Waals surface area (Å²) in [4.78, 5) is 14.7. The molecule has 4 nitrogen and oxygen atoms in total. The summed E-state index contributed by atoms with van der Waals surface area (Å²) in [5.41, 5.74) is -0.0200. The van der Waals surface area contributed by atoms with E-state index in [1.54, 1.807) is 0 Å². The Morgan fingerprint density at radius 3 is 2.70 bits per heavy atom. The van der Waals surface area contributed by atoms with Crippen LogP contribution in [0.3, 0.4) is 0 Å². The van der Waals surface area contributed by atoms with Gasteiger partial charge in [-0.15, -0.1) is 0 Å². The molecular formula is C6H11NO3. The second-order valence-electron chi connectivity index (χ2n) is 1.82. The maximum atomic E-state index is 10.1. The normalized spacial score (nSPS) is 11.2. The van der Waals surface area contributed by atoms with Crippen LogP contribution < -0.4 is 0 Å². The van der Waals surface area contributed by atoms with E-state index in [0.29, 0.717) is 6.61 Å². The molecule has 0 aromatic carbocycles. The van der Waals surface area contributed by atoms with E-state index in [4.69, 9.17) is 5.11 Å². The summed E-state index contributed by atoms with van der Waals surface area (Å²) in [6.45, 7) is 3.77. The molecule has 0 aromatic heterocycles. The number of nitrogens with zero attached hydrogens (tertiary/aromatic N) is 1. The quantitative estimate of drug-likeness (QED) is 0.363. The third-order valence-electron chi connectivity index (χ3n) is 0.806. The van der Waals surface area contributed by atoms with Crippen LogP contribution in [0.1, 0.15) is 20.3 Å². The van der Waals surface area contributed by atoms with Gasteiger partial charge in [0.05, 0.1) is 0 Å². The van der Waals surface area contributed by atoms with Crippen LogP contribution in [0, 0.1) is 0 Å². The molecule has 4 heteroatoms. The Morgan fingerprint density at radius 2 is 2.30 bits per heavy atom. The molecule has 0 saturated carbocycles. The summed E-state index contributed by atoms with van der Waals surface area (Å²) in [6, 6.07) is 0. The van der Waals surface area contributed by atoms with Gasteiger partial charge in [-0.25, -0.2) is 4.79 Å². The molecule has 58 valence electrons. The second kappa shape index (κ2) is 4.78. The SMILES string of the molecule is CCCO/N=C(/C)C(=O)O. The van der Waals surface area contributed by atoms with E-state index in [-0.39, 0.29) is 5.71 Å². The van der Waals surface area contributed by atoms with Crippen molar-refractivity contribution in [2.24, 2.45) is 5.16 Å². The highest BCUT2D eigenvalue weighted by Gasteiger charge is 2.00. The van der Waals surface area contributed by atoms with Crippen LogP contribution in [0.4, 0.5) is 0 Å². The van der Waals surface area contributed by atoms with Gasteiger partial charge in [-0.2, -0.15) is 0 Å². The number of carboxylic acids is 1. The highest BCUT2D eigenvalue weighted by Crippen LogP contribution is 1.83. The van der Waals surface area contributed by atoms with Gasteiger partial charge in [0.2, 0.25) is 0 Å². The highest BCUT2D eigenvalue weighted by atomic mass is 16.6. The minimum absolute atomic E-state index is 0.0200. The van der Waals surface area contributed by atoms with Gasteiger partial charge in [0.15, 0.2) is 5.71 Å². The number of hydrogen-bond donors (Lipinski definition) is 1. The standard InChI is InChI=1S/C6H11NO3/c1-3-4-10-7-5(2)6(8)9/h3-4H2,1-2H3,(H,8,9)/b7-5-. The summed E-state index contributed by atoms with van der Waals surface area (Å²) in [5.74, 6) is -1.05. The molecule has 0 fully saturated rings. The van der Waals surface area contributed by atoms with Crippen LogP contribution in [0.15, 0.2) is 5.16 Å². The fourth-order valence-electron chi connectivity index (χ4n) is 0.273. The molecule has 0 heterocycles. The number of oxime groups is 1. The predicted octanol–water partition coefficient (Wildman–Crippen LogP) is 0.873. The van der Waals surface area contributed by atoms with E-state index in [2.05, 4.69) is 9.99 Å². The Kier molecular flexibility index (Phi) is 4.28. The Hall–Kier alpha value is -1.06. The van der Waals surface area contributed by atoms with Gasteiger partial charge in [-0.1, -0.05) is 12.1 Å². The van der Waals surface area contributed by atoms with Crippen molar-refractivity contribution in [3.8, 4) is 0 Å². The fraction of sp³-hybridized carbons (Fsp3) is 0.667. The molecule has 0 spiro atoms. The van der Waals surface area contributed by atoms with Crippen molar-refractivity contribution in [2.45, 2.75) is 20.3 Å². The minimum Gasteiger partial charge on any atom is -0.477 e. The first-order valence-corrected chi connectivity index (χ1v) is 3.08. The van der Waals surface area contributed by atoms with Crippen molar-refractivity contribution < 1.29 is 14.7 Å². The molecule has 0 bridgehead atoms. The number of aliphatic carboxylic acids is 1. The first-order chi connectivity index (χ1) is 4.68. The van der Waals surface area contributed by atoms with Crippen LogP contribution in [-0.4, -0.2) is 23.4 Å². The summed E-state index contributed by atoms with van der Waals surface area (Å²) < 4.78 is 0. The maximum absolute atomic E-state index is 10.1. The minimum atomic E-state index is -1.05. The van der Waals surface area contributed by atoms with Gasteiger partial charge in [0, 0.05) is 0 Å². The molecule has 0 atom stereocenters. The summed E-state index contributed by atoms with van der Waals surface area (Å²) in [5, 5.41) is 11.6. The maximum Gasteiger partial charge on any atom is 0.353 e. The first-order valence-electron chi connectivity index (χ1n) is 3.08. The van der Waals surface area contributed by atoms with Gasteiger partial charge in [0.1, 0.15) is 6.61 Å². The van der Waals surface area contributed by atoms with Crippen molar-refractivity contribution in [2.75, 3.05) is 6.61 Å². The van der Waals surface area contributed by atoms with Crippen LogP contribution >= 0.6 is 0 Å². The van der Waals surface area contributed by atoms with Crippen LogP contribution in [0.2, 0.25) is 0 Å². The van der Waals surface area contributed by atoms with E-state index in [9.17, 15) is 4.79 Å². The number of carboxylic acid groups (broad SMARTS) is 1. The third-order valence-corrected chi connectivity index (χ3v) is 0.806. The second-order valence-corrected chi connectivity index (χ2v) is 1.82. The van der Waals surface area contributed by atoms with Crippen molar-refractivity contribution in [3.05, 3.63) is 0 Å². The van der Waals surface area contributed by atoms with Crippen molar-refractivity contribution in [1.82, 2.24) is 0 Å². The Bertz CT molecular complexity index is 142. The van der Waals surface area contributed by atoms with E-state index in [0.717, 1.165) is 6.42 Å². The monoisotopic (exact) mass is 145 g/mol. The van der Waals surface area contributed by atoms with E-state index in [1.165, 1.54) is 6.92 Å². The topological polar surface area (TPSA) is 58.9 Å². The highest BCUT2D eigenvalue weighted by molar-refractivity contribution is 6.34. The molecule has 0 aromatic rings. The Balaban J connectivity index is 3.58. The lowest BCUT2D eigenvalue weighted by molar-refractivity contribution is -0.129. The van der Waals surface area contributed by atoms with Gasteiger partial charge in [0.25, 0.3) is 0 Å². The summed E-state index contributed by atoms with van der Waals surface area (Å²) in [7, 11) is 0. The molecule has 0 aliphatic rings. The Labute approximate surface area is 59.5 Å². The summed E-state index contributed by atoms with van der Waals surface area (Å²) in [6.07, 6.45) is 0.830. The van der Waals surface area contributed by atoms with Crippen LogP contribution in [0.5, 0.6) is 0 Å². The summed E-state index contributed by atoms with van der Waals surface area (Å²) >= 11 is 0. The zero-order chi connectivity index (χ0) is 7.98. The number of hydrogen-bond acceptors (Lipinski definition) is 3. The van der Waals surface area contributed by atoms with Crippen LogP contribution in [0.25, 0.3) is 0 Å². The Morgan fingerprint density at radius 1 is 1.70 bits per heavy atom. The molecule has 0 amide bonds. The zero-order valence-corrected chi connectivity index (χ0v) is 6.13. The average Bonchev–Trinajstić information content (AvgIpc) is 1.88. The van der Waals surface area contributed by atoms with Crippen molar-refractivity contribution in [1.29, 1.82) is 0 Å². The zero-order valence-electron chi connectivity index (χ0n) is 6.13. The molecule has 0 radical (unpaired) electrons. The largest absolute Gasteiger partial charge is 0.477 e. The number of rotatable bonds is 4. The lowest BCUT2D eigenvalue weighted by Crippen LogP contribution is -2.08. The predicted molar refractivity (Wildman–Crippen MR) is 37.0 cm³/mol. The van der Waals surface area contributed by atoms with Crippen molar-refractivity contribution >= 4 is 11.7 Å². The molecule has 1 N–H and O–H groups in total. The fourth-order valence-corrected chi connectivity index (χ4v) is 0.273. The number of carbonyl (C=O) groups is 1. The van der Waals surface area contributed by atoms with E-state index in [1.807, 2.05) is 6.92 Å². The molecule has 0 unspecified atom stereocenters. The lowest BCUT2D eigenvalue weighted by Gasteiger charge is -1.94. The smallest absolute Gasteiger partial charge is 0.353 e. The molecule has 0 aliphatic heterocycles. The van der Waals surface area contributed by atoms with E-state index < -0.39 is 5.97 Å². The van der Waals surface area contributed by atoms with E-state index >= 15 is 0 Å². The average molecular weight is 145 g/mol. The molecular weight excluding hydrogens is 134 g/mol.